The largest absolute Gasteiger partial charge is 0.397 e. The van der Waals surface area contributed by atoms with Gasteiger partial charge in [0.25, 0.3) is 0 Å². The highest BCUT2D eigenvalue weighted by Gasteiger charge is 2.43. The van der Waals surface area contributed by atoms with Gasteiger partial charge in [-0.2, -0.15) is 26.3 Å². The molecule has 0 saturated carbocycles. The molecule has 0 aliphatic heterocycles. The molecule has 0 spiro atoms. The highest BCUT2D eigenvalue weighted by Crippen LogP contribution is 2.31. The van der Waals surface area contributed by atoms with Crippen LogP contribution in [-0.4, -0.2) is 22.7 Å². The Hall–Kier alpha value is -1.28. The number of alkyl halides is 6. The van der Waals surface area contributed by atoms with Gasteiger partial charge in [-0.25, -0.2) is 0 Å². The molecule has 3 nitrogen and oxygen atoms in total. The predicted molar refractivity (Wildman–Crippen MR) is 31.0 cm³/mol. The second-order valence-corrected chi connectivity index (χ2v) is 1.99. The van der Waals surface area contributed by atoms with E-state index in [1.54, 1.807) is 0 Å². The summed E-state index contributed by atoms with van der Waals surface area (Å²) >= 11 is 0. The lowest BCUT2D eigenvalue weighted by Gasteiger charge is -2.08. The molecule has 9 heteroatoms. The molecular formula is C5H4F6N2O. The minimum absolute atomic E-state index is 1.40. The maximum atomic E-state index is 10.8. The zero-order valence-electron chi connectivity index (χ0n) is 6.43. The van der Waals surface area contributed by atoms with Gasteiger partial charge in [-0.05, 0) is 0 Å². The molecule has 0 aromatic carbocycles. The van der Waals surface area contributed by atoms with E-state index >= 15 is 0 Å². The lowest BCUT2D eigenvalue weighted by atomic mass is 10.4. The number of hydrogen-bond donors (Lipinski definition) is 0. The van der Waals surface area contributed by atoms with Crippen LogP contribution in [0.5, 0.6) is 0 Å². The summed E-state index contributed by atoms with van der Waals surface area (Å²) < 4.78 is 69.2. The van der Waals surface area contributed by atoms with Crippen molar-refractivity contribution in [3.63, 3.8) is 0 Å². The molecule has 0 unspecified atom stereocenters. The normalized spacial score (nSPS) is 11.9. The monoisotopic (exact) mass is 222 g/mol. The average Bonchev–Trinajstić information content (AvgIpc) is 2.29. The van der Waals surface area contributed by atoms with E-state index in [1.807, 2.05) is 0 Å². The minimum atomic E-state index is -5.14. The molecule has 1 rings (SSSR count). The van der Waals surface area contributed by atoms with Crippen molar-refractivity contribution in [3.8, 4) is 0 Å². The van der Waals surface area contributed by atoms with Gasteiger partial charge >= 0.3 is 12.4 Å². The maximum Gasteiger partial charge on any atom is 0.397 e. The summed E-state index contributed by atoms with van der Waals surface area (Å²) in [6, 6.07) is 0. The topological polar surface area (TPSA) is 38.9 Å². The number of halogens is 6. The third kappa shape index (κ3) is 10.7. The Kier molecular flexibility index (Phi) is 4.38. The summed E-state index contributed by atoms with van der Waals surface area (Å²) in [6.45, 7) is 0. The van der Waals surface area contributed by atoms with Gasteiger partial charge in [-0.1, -0.05) is 0 Å². The third-order valence-corrected chi connectivity index (χ3v) is 0.684. The zero-order chi connectivity index (χ0) is 11.2. The van der Waals surface area contributed by atoms with Gasteiger partial charge in [-0.3, -0.25) is 0 Å². The van der Waals surface area contributed by atoms with Gasteiger partial charge in [0.05, 0.1) is 6.20 Å². The van der Waals surface area contributed by atoms with Gasteiger partial charge in [0, 0.05) is 5.27 Å². The Labute approximate surface area is 73.7 Å². The van der Waals surface area contributed by atoms with E-state index in [2.05, 4.69) is 14.9 Å². The molecule has 1 aromatic rings. The highest BCUT2D eigenvalue weighted by atomic mass is 19.4. The second kappa shape index (κ2) is 4.82. The average molecular weight is 222 g/mol. The Balaban J connectivity index is 0.000000280. The fourth-order valence-corrected chi connectivity index (χ4v) is 0.363. The van der Waals surface area contributed by atoms with Crippen molar-refractivity contribution in [2.45, 2.75) is 18.8 Å². The van der Waals surface area contributed by atoms with E-state index in [0.717, 1.165) is 0 Å². The zero-order valence-corrected chi connectivity index (χ0v) is 6.43. The highest BCUT2D eigenvalue weighted by molar-refractivity contribution is 4.57. The summed E-state index contributed by atoms with van der Waals surface area (Å²) in [5, 5.41) is 6.40. The van der Waals surface area contributed by atoms with Crippen LogP contribution in [0, 0.1) is 0 Å². The molecular weight excluding hydrogens is 218 g/mol. The molecule has 14 heavy (non-hydrogen) atoms. The molecule has 0 aliphatic carbocycles. The van der Waals surface area contributed by atoms with Crippen LogP contribution in [0.25, 0.3) is 0 Å². The molecule has 0 aliphatic rings. The van der Waals surface area contributed by atoms with Crippen molar-refractivity contribution in [1.82, 2.24) is 10.4 Å². The summed E-state index contributed by atoms with van der Waals surface area (Å²) in [7, 11) is 0. The summed E-state index contributed by atoms with van der Waals surface area (Å²) in [5.41, 5.74) is 0. The van der Waals surface area contributed by atoms with Crippen molar-refractivity contribution in [1.29, 1.82) is 0 Å². The maximum absolute atomic E-state index is 10.8. The van der Waals surface area contributed by atoms with Crippen molar-refractivity contribution >= 4 is 0 Å². The van der Waals surface area contributed by atoms with Gasteiger partial charge < -0.3 is 4.52 Å². The Morgan fingerprint density at radius 2 is 1.50 bits per heavy atom. The van der Waals surface area contributed by atoms with Crippen LogP contribution in [0.1, 0.15) is 6.42 Å². The second-order valence-electron chi connectivity index (χ2n) is 1.99. The first-order chi connectivity index (χ1) is 6.21. The van der Waals surface area contributed by atoms with Crippen LogP contribution in [0.3, 0.4) is 0 Å². The van der Waals surface area contributed by atoms with E-state index in [4.69, 9.17) is 0 Å². The Morgan fingerprint density at radius 1 is 1.00 bits per heavy atom. The third-order valence-electron chi connectivity index (χ3n) is 0.684. The molecule has 82 valence electrons. The van der Waals surface area contributed by atoms with Crippen LogP contribution in [0.15, 0.2) is 17.0 Å². The van der Waals surface area contributed by atoms with Crippen LogP contribution in [0.4, 0.5) is 26.3 Å². The standard InChI is InChI=1S/C3H2F6.C2H2N2O/c4-2(5,6)1-3(7,8)9;1-2-5-4-3-1/h1H2;1-2H. The molecule has 0 saturated heterocycles. The van der Waals surface area contributed by atoms with E-state index < -0.39 is 18.8 Å². The van der Waals surface area contributed by atoms with E-state index in [0.29, 0.717) is 0 Å². The van der Waals surface area contributed by atoms with Crippen LogP contribution >= 0.6 is 0 Å². The Bertz CT molecular complexity index is 198. The van der Waals surface area contributed by atoms with Crippen LogP contribution in [0.2, 0.25) is 0 Å². The Morgan fingerprint density at radius 3 is 1.57 bits per heavy atom. The summed E-state index contributed by atoms with van der Waals surface area (Å²) in [5.74, 6) is 0. The lowest BCUT2D eigenvalue weighted by Crippen LogP contribution is -2.20. The van der Waals surface area contributed by atoms with Gasteiger partial charge in [0.15, 0.2) is 0 Å². The van der Waals surface area contributed by atoms with Gasteiger partial charge in [0.2, 0.25) is 0 Å². The van der Waals surface area contributed by atoms with E-state index in [-0.39, 0.29) is 0 Å². The fraction of sp³-hybridized carbons (Fsp3) is 0.600. The molecule has 1 aromatic heterocycles. The van der Waals surface area contributed by atoms with E-state index in [9.17, 15) is 26.3 Å². The number of nitrogens with zero attached hydrogens (tertiary/aromatic N) is 2. The van der Waals surface area contributed by atoms with Gasteiger partial charge in [-0.15, -0.1) is 5.10 Å². The quantitative estimate of drug-likeness (QED) is 0.633. The first-order valence-corrected chi connectivity index (χ1v) is 3.05. The number of aromatic nitrogens is 2. The van der Waals surface area contributed by atoms with Crippen molar-refractivity contribution < 1.29 is 30.9 Å². The molecule has 0 bridgehead atoms. The van der Waals surface area contributed by atoms with Crippen molar-refractivity contribution in [2.24, 2.45) is 0 Å². The van der Waals surface area contributed by atoms with E-state index in [1.165, 1.54) is 12.5 Å². The predicted octanol–water partition coefficient (Wildman–Crippen LogP) is 2.57. The molecule has 0 fully saturated rings. The first-order valence-electron chi connectivity index (χ1n) is 3.05. The smallest absolute Gasteiger partial charge is 0.346 e. The van der Waals surface area contributed by atoms with Gasteiger partial charge in [0.1, 0.15) is 12.7 Å². The fourth-order valence-electron chi connectivity index (χ4n) is 0.363. The first kappa shape index (κ1) is 12.7. The minimum Gasteiger partial charge on any atom is -0.346 e. The molecule has 0 N–H and O–H groups in total. The lowest BCUT2D eigenvalue weighted by molar-refractivity contribution is -0.232. The SMILES string of the molecule is FC(F)(F)CC(F)(F)F.c1conn1. The molecule has 0 amide bonds. The van der Waals surface area contributed by atoms with Crippen molar-refractivity contribution in [3.05, 3.63) is 12.5 Å². The summed E-state index contributed by atoms with van der Waals surface area (Å²) in [6.07, 6.45) is -10.1. The summed E-state index contributed by atoms with van der Waals surface area (Å²) in [4.78, 5) is 0. The number of rotatable bonds is 0. The van der Waals surface area contributed by atoms with Crippen molar-refractivity contribution in [2.75, 3.05) is 0 Å². The van der Waals surface area contributed by atoms with Crippen LogP contribution < -0.4 is 0 Å². The molecule has 0 radical (unpaired) electrons. The molecule has 1 heterocycles. The van der Waals surface area contributed by atoms with Crippen LogP contribution in [-0.2, 0) is 0 Å². The number of hydrogen-bond acceptors (Lipinski definition) is 3. The molecule has 0 atom stereocenters.